The number of nitrogens with zero attached hydrogens (tertiary/aromatic N) is 4. The molecule has 2 atom stereocenters. The minimum absolute atomic E-state index is 0.0412. The average Bonchev–Trinajstić information content (AvgIpc) is 3.47. The molecule has 2 saturated heterocycles. The minimum atomic E-state index is -0.0412. The summed E-state index contributed by atoms with van der Waals surface area (Å²) < 4.78 is 0. The van der Waals surface area contributed by atoms with Crippen LogP contribution in [0.5, 0.6) is 0 Å². The number of benzene rings is 1. The first-order chi connectivity index (χ1) is 14.0. The van der Waals surface area contributed by atoms with Crippen LogP contribution in [0.25, 0.3) is 0 Å². The van der Waals surface area contributed by atoms with Crippen LogP contribution < -0.4 is 5.32 Å². The van der Waals surface area contributed by atoms with Crippen LogP contribution >= 0.6 is 0 Å². The Hall–Kier alpha value is -2.10. The molecule has 3 fully saturated rings. The first-order valence-corrected chi connectivity index (χ1v) is 10.9. The summed E-state index contributed by atoms with van der Waals surface area (Å²) in [5.41, 5.74) is 1.41. The summed E-state index contributed by atoms with van der Waals surface area (Å²) in [6.45, 7) is 4.70. The number of likely N-dealkylation sites (tertiary alicyclic amines) is 2. The molecule has 2 aliphatic heterocycles. The lowest BCUT2D eigenvalue weighted by Gasteiger charge is -2.54. The Bertz CT molecular complexity index is 744. The van der Waals surface area contributed by atoms with E-state index in [2.05, 4.69) is 46.6 Å². The van der Waals surface area contributed by atoms with Crippen molar-refractivity contribution in [2.45, 2.75) is 43.2 Å². The van der Waals surface area contributed by atoms with E-state index in [0.29, 0.717) is 24.3 Å². The lowest BCUT2D eigenvalue weighted by molar-refractivity contribution is -0.0441. The monoisotopic (exact) mass is 395 g/mol. The van der Waals surface area contributed by atoms with Crippen LogP contribution in [0.2, 0.25) is 0 Å². The highest BCUT2D eigenvalue weighted by atomic mass is 16.2. The van der Waals surface area contributed by atoms with E-state index in [-0.39, 0.29) is 11.6 Å². The van der Waals surface area contributed by atoms with Gasteiger partial charge in [-0.2, -0.15) is 5.26 Å². The molecular formula is C23H33N5O. The van der Waals surface area contributed by atoms with E-state index >= 15 is 0 Å². The van der Waals surface area contributed by atoms with Gasteiger partial charge >= 0.3 is 6.03 Å². The molecule has 0 radical (unpaired) electrons. The molecule has 1 aliphatic carbocycles. The molecular weight excluding hydrogens is 362 g/mol. The molecule has 0 aromatic heterocycles. The number of rotatable bonds is 6. The third-order valence-electron chi connectivity index (χ3n) is 7.07. The summed E-state index contributed by atoms with van der Waals surface area (Å²) in [7, 11) is 3.60. The first kappa shape index (κ1) is 20.2. The van der Waals surface area contributed by atoms with E-state index in [9.17, 15) is 10.1 Å². The lowest BCUT2D eigenvalue weighted by atomic mass is 9.79. The maximum atomic E-state index is 12.2. The largest absolute Gasteiger partial charge is 0.331 e. The van der Waals surface area contributed by atoms with Gasteiger partial charge in [0, 0.05) is 64.3 Å². The van der Waals surface area contributed by atoms with Crippen molar-refractivity contribution < 1.29 is 4.79 Å². The second-order valence-electron chi connectivity index (χ2n) is 9.26. The fourth-order valence-electron chi connectivity index (χ4n) is 5.04. The van der Waals surface area contributed by atoms with E-state index in [1.807, 2.05) is 4.90 Å². The molecule has 0 unspecified atom stereocenters. The van der Waals surface area contributed by atoms with Crippen LogP contribution in [0.3, 0.4) is 0 Å². The van der Waals surface area contributed by atoms with Gasteiger partial charge in [0.1, 0.15) is 0 Å². The molecule has 2 heterocycles. The van der Waals surface area contributed by atoms with Gasteiger partial charge < -0.3 is 15.1 Å². The highest BCUT2D eigenvalue weighted by Gasteiger charge is 2.46. The Kier molecular flexibility index (Phi) is 5.80. The third kappa shape index (κ3) is 4.26. The van der Waals surface area contributed by atoms with Crippen LogP contribution in [-0.4, -0.2) is 79.1 Å². The minimum Gasteiger partial charge on any atom is -0.331 e. The zero-order valence-corrected chi connectivity index (χ0v) is 17.7. The predicted octanol–water partition coefficient (Wildman–Crippen LogP) is 2.49. The predicted molar refractivity (Wildman–Crippen MR) is 114 cm³/mol. The normalized spacial score (nSPS) is 26.4. The fourth-order valence-corrected chi connectivity index (χ4v) is 5.04. The van der Waals surface area contributed by atoms with Crippen LogP contribution in [0.15, 0.2) is 30.3 Å². The number of piperidine rings is 1. The molecule has 1 saturated carbocycles. The summed E-state index contributed by atoms with van der Waals surface area (Å²) in [4.78, 5) is 18.3. The van der Waals surface area contributed by atoms with Gasteiger partial charge in [0.15, 0.2) is 0 Å². The maximum Gasteiger partial charge on any atom is 0.319 e. The second kappa shape index (κ2) is 8.33. The SMILES string of the molecule is CN(C)C(=O)N1CCC(CC#N)(N2CC(CN[C@@H]3C[C@H]3c3ccccc3)C2)CC1. The Morgan fingerprint density at radius 3 is 2.55 bits per heavy atom. The van der Waals surface area contributed by atoms with E-state index in [4.69, 9.17) is 0 Å². The molecule has 1 N–H and O–H groups in total. The number of urea groups is 1. The second-order valence-corrected chi connectivity index (χ2v) is 9.26. The van der Waals surface area contributed by atoms with E-state index in [1.54, 1.807) is 19.0 Å². The number of nitrogens with one attached hydrogen (secondary N) is 1. The summed E-state index contributed by atoms with van der Waals surface area (Å²) in [5, 5.41) is 13.2. The summed E-state index contributed by atoms with van der Waals surface area (Å²) in [6, 6.07) is 13.9. The van der Waals surface area contributed by atoms with Gasteiger partial charge in [-0.05, 0) is 30.7 Å². The number of hydrogen-bond acceptors (Lipinski definition) is 4. The highest BCUT2D eigenvalue weighted by Crippen LogP contribution is 2.41. The van der Waals surface area contributed by atoms with Gasteiger partial charge in [0.2, 0.25) is 0 Å². The first-order valence-electron chi connectivity index (χ1n) is 10.9. The summed E-state index contributed by atoms with van der Waals surface area (Å²) >= 11 is 0. The van der Waals surface area contributed by atoms with Crippen molar-refractivity contribution >= 4 is 6.03 Å². The molecule has 6 nitrogen and oxygen atoms in total. The third-order valence-corrected chi connectivity index (χ3v) is 7.07. The van der Waals surface area contributed by atoms with Crippen molar-refractivity contribution in [2.24, 2.45) is 5.92 Å². The molecule has 3 aliphatic rings. The molecule has 1 aromatic rings. The number of amides is 2. The standard InChI is InChI=1S/C23H33N5O/c1-26(2)22(29)27-12-9-23(8-11-24,10-13-27)28-16-18(17-28)15-25-21-14-20(21)19-6-4-3-5-7-19/h3-7,18,20-21,25H,8-10,12-17H2,1-2H3/t20-,21+/m0/s1. The molecule has 6 heteroatoms. The fraction of sp³-hybridized carbons (Fsp3) is 0.652. The van der Waals surface area contributed by atoms with Crippen LogP contribution in [0, 0.1) is 17.2 Å². The summed E-state index contributed by atoms with van der Waals surface area (Å²) in [5.74, 6) is 1.35. The zero-order valence-electron chi connectivity index (χ0n) is 17.7. The number of carbonyl (C=O) groups is 1. The van der Waals surface area contributed by atoms with Crippen molar-refractivity contribution in [3.05, 3.63) is 35.9 Å². The number of nitriles is 1. The van der Waals surface area contributed by atoms with Gasteiger partial charge in [0.05, 0.1) is 12.5 Å². The molecule has 29 heavy (non-hydrogen) atoms. The lowest BCUT2D eigenvalue weighted by Crippen LogP contribution is -2.65. The Labute approximate surface area is 174 Å². The van der Waals surface area contributed by atoms with Crippen molar-refractivity contribution in [3.8, 4) is 6.07 Å². The topological polar surface area (TPSA) is 62.6 Å². The van der Waals surface area contributed by atoms with Crippen molar-refractivity contribution in [2.75, 3.05) is 46.8 Å². The smallest absolute Gasteiger partial charge is 0.319 e. The Morgan fingerprint density at radius 1 is 1.24 bits per heavy atom. The van der Waals surface area contributed by atoms with E-state index in [1.165, 1.54) is 12.0 Å². The van der Waals surface area contributed by atoms with Gasteiger partial charge in [-0.15, -0.1) is 0 Å². The van der Waals surface area contributed by atoms with Crippen molar-refractivity contribution in [1.29, 1.82) is 5.26 Å². The Balaban J connectivity index is 1.23. The van der Waals surface area contributed by atoms with Crippen LogP contribution in [-0.2, 0) is 0 Å². The molecule has 0 spiro atoms. The molecule has 156 valence electrons. The average molecular weight is 396 g/mol. The van der Waals surface area contributed by atoms with Crippen LogP contribution in [0.1, 0.15) is 37.2 Å². The van der Waals surface area contributed by atoms with Gasteiger partial charge in [-0.25, -0.2) is 4.79 Å². The quantitative estimate of drug-likeness (QED) is 0.804. The number of carbonyl (C=O) groups excluding carboxylic acids is 1. The highest BCUT2D eigenvalue weighted by molar-refractivity contribution is 5.73. The maximum absolute atomic E-state index is 12.2. The van der Waals surface area contributed by atoms with Gasteiger partial charge in [-0.1, -0.05) is 30.3 Å². The van der Waals surface area contributed by atoms with Crippen molar-refractivity contribution in [3.63, 3.8) is 0 Å². The van der Waals surface area contributed by atoms with E-state index in [0.717, 1.165) is 45.6 Å². The summed E-state index contributed by atoms with van der Waals surface area (Å²) in [6.07, 6.45) is 3.61. The molecule has 1 aromatic carbocycles. The van der Waals surface area contributed by atoms with Crippen molar-refractivity contribution in [1.82, 2.24) is 20.0 Å². The Morgan fingerprint density at radius 2 is 1.93 bits per heavy atom. The zero-order chi connectivity index (χ0) is 20.4. The molecule has 0 bridgehead atoms. The number of hydrogen-bond donors (Lipinski definition) is 1. The van der Waals surface area contributed by atoms with Crippen LogP contribution in [0.4, 0.5) is 4.79 Å². The molecule has 4 rings (SSSR count). The molecule has 2 amide bonds. The van der Waals surface area contributed by atoms with E-state index < -0.39 is 0 Å². The van der Waals surface area contributed by atoms with Gasteiger partial charge in [-0.3, -0.25) is 4.90 Å². The van der Waals surface area contributed by atoms with Gasteiger partial charge in [0.25, 0.3) is 0 Å².